The van der Waals surface area contributed by atoms with Gasteiger partial charge < -0.3 is 9.94 Å². The van der Waals surface area contributed by atoms with Crippen molar-refractivity contribution in [3.8, 4) is 11.8 Å². The summed E-state index contributed by atoms with van der Waals surface area (Å²) in [4.78, 5) is 15.1. The van der Waals surface area contributed by atoms with Crippen molar-refractivity contribution in [2.45, 2.75) is 13.8 Å². The molecule has 0 aliphatic rings. The molecule has 0 aromatic heterocycles. The van der Waals surface area contributed by atoms with Gasteiger partial charge in [0.15, 0.2) is 12.3 Å². The topological polar surface area (TPSA) is 58.9 Å². The maximum Gasteiger partial charge on any atom is 0.353 e. The van der Waals surface area contributed by atoms with Crippen LogP contribution >= 0.6 is 0 Å². The van der Waals surface area contributed by atoms with Gasteiger partial charge in [0.1, 0.15) is 0 Å². The number of nitrogens with zero attached hydrogens (tertiary/aromatic N) is 1. The number of carboxylic acids is 1. The molecular formula is C13H13NO3. The maximum absolute atomic E-state index is 10.4. The average molecular weight is 231 g/mol. The zero-order valence-corrected chi connectivity index (χ0v) is 9.73. The molecule has 0 heterocycles. The molecule has 0 fully saturated rings. The summed E-state index contributed by atoms with van der Waals surface area (Å²) in [6, 6.07) is 7.76. The van der Waals surface area contributed by atoms with E-state index in [0.717, 1.165) is 5.56 Å². The first-order chi connectivity index (χ1) is 8.09. The molecule has 17 heavy (non-hydrogen) atoms. The van der Waals surface area contributed by atoms with E-state index >= 15 is 0 Å². The summed E-state index contributed by atoms with van der Waals surface area (Å²) in [5.74, 6) is 4.53. The van der Waals surface area contributed by atoms with Crippen LogP contribution in [0.3, 0.4) is 0 Å². The van der Waals surface area contributed by atoms with Crippen LogP contribution in [0, 0.1) is 18.8 Å². The molecule has 1 aromatic carbocycles. The van der Waals surface area contributed by atoms with E-state index in [4.69, 9.17) is 9.94 Å². The third-order valence-corrected chi connectivity index (χ3v) is 1.93. The smallest absolute Gasteiger partial charge is 0.353 e. The fourth-order valence-electron chi connectivity index (χ4n) is 0.975. The van der Waals surface area contributed by atoms with Crippen LogP contribution < -0.4 is 0 Å². The molecule has 0 saturated carbocycles. The second-order valence-corrected chi connectivity index (χ2v) is 3.42. The van der Waals surface area contributed by atoms with Crippen LogP contribution in [0.4, 0.5) is 0 Å². The molecule has 0 aliphatic carbocycles. The SMILES string of the molecule is CC(=NOCC#Cc1ccc(C)cc1)C(=O)O. The first-order valence-corrected chi connectivity index (χ1v) is 5.05. The molecule has 1 aromatic rings. The lowest BCUT2D eigenvalue weighted by atomic mass is 10.2. The standard InChI is InChI=1S/C13H13NO3/c1-10-5-7-12(8-6-10)4-3-9-17-14-11(2)13(15)16/h5-8H,9H2,1-2H3,(H,15,16). The third kappa shape index (κ3) is 4.85. The molecule has 0 atom stereocenters. The molecule has 4 nitrogen and oxygen atoms in total. The number of oxime groups is 1. The van der Waals surface area contributed by atoms with Gasteiger partial charge in [-0.1, -0.05) is 34.7 Å². The highest BCUT2D eigenvalue weighted by molar-refractivity contribution is 6.34. The van der Waals surface area contributed by atoms with E-state index in [2.05, 4.69) is 17.0 Å². The lowest BCUT2D eigenvalue weighted by Gasteiger charge is -1.93. The lowest BCUT2D eigenvalue weighted by molar-refractivity contribution is -0.129. The Labute approximate surface area is 99.9 Å². The second kappa shape index (κ2) is 6.33. The van der Waals surface area contributed by atoms with Crippen LogP contribution in [-0.4, -0.2) is 23.4 Å². The van der Waals surface area contributed by atoms with Crippen molar-refractivity contribution in [3.63, 3.8) is 0 Å². The fourth-order valence-corrected chi connectivity index (χ4v) is 0.975. The Hall–Kier alpha value is -2.28. The maximum atomic E-state index is 10.4. The van der Waals surface area contributed by atoms with Crippen LogP contribution in [0.15, 0.2) is 29.4 Å². The Morgan fingerprint density at radius 1 is 1.41 bits per heavy atom. The minimum Gasteiger partial charge on any atom is -0.477 e. The molecule has 0 amide bonds. The highest BCUT2D eigenvalue weighted by atomic mass is 16.6. The Balaban J connectivity index is 2.45. The number of rotatable bonds is 3. The van der Waals surface area contributed by atoms with Crippen LogP contribution in [0.1, 0.15) is 18.1 Å². The first kappa shape index (κ1) is 12.8. The Morgan fingerprint density at radius 3 is 2.65 bits per heavy atom. The van der Waals surface area contributed by atoms with Gasteiger partial charge in [0.2, 0.25) is 0 Å². The molecular weight excluding hydrogens is 218 g/mol. The van der Waals surface area contributed by atoms with Crippen LogP contribution in [0.5, 0.6) is 0 Å². The van der Waals surface area contributed by atoms with Crippen molar-refractivity contribution in [2.75, 3.05) is 6.61 Å². The van der Waals surface area contributed by atoms with Gasteiger partial charge in [-0.15, -0.1) is 0 Å². The van der Waals surface area contributed by atoms with E-state index in [9.17, 15) is 4.79 Å². The summed E-state index contributed by atoms with van der Waals surface area (Å²) < 4.78 is 0. The van der Waals surface area contributed by atoms with Crippen LogP contribution in [0.2, 0.25) is 0 Å². The fraction of sp³-hybridized carbons (Fsp3) is 0.231. The van der Waals surface area contributed by atoms with Crippen molar-refractivity contribution in [2.24, 2.45) is 5.16 Å². The molecule has 0 spiro atoms. The van der Waals surface area contributed by atoms with Crippen molar-refractivity contribution < 1.29 is 14.7 Å². The predicted molar refractivity (Wildman–Crippen MR) is 64.8 cm³/mol. The summed E-state index contributed by atoms with van der Waals surface area (Å²) in [7, 11) is 0. The monoisotopic (exact) mass is 231 g/mol. The number of carbonyl (C=O) groups is 1. The van der Waals surface area contributed by atoms with Crippen molar-refractivity contribution in [3.05, 3.63) is 35.4 Å². The zero-order chi connectivity index (χ0) is 12.7. The molecule has 0 aliphatic heterocycles. The van der Waals surface area contributed by atoms with Crippen molar-refractivity contribution >= 4 is 11.7 Å². The number of aliphatic carboxylic acids is 1. The third-order valence-electron chi connectivity index (χ3n) is 1.93. The Morgan fingerprint density at radius 2 is 2.06 bits per heavy atom. The first-order valence-electron chi connectivity index (χ1n) is 5.05. The lowest BCUT2D eigenvalue weighted by Crippen LogP contribution is -2.08. The molecule has 0 saturated heterocycles. The highest BCUT2D eigenvalue weighted by Gasteiger charge is 2.00. The number of benzene rings is 1. The van der Waals surface area contributed by atoms with E-state index in [1.807, 2.05) is 31.2 Å². The van der Waals surface area contributed by atoms with Crippen molar-refractivity contribution in [1.82, 2.24) is 0 Å². The van der Waals surface area contributed by atoms with Crippen molar-refractivity contribution in [1.29, 1.82) is 0 Å². The van der Waals surface area contributed by atoms with E-state index < -0.39 is 5.97 Å². The minimum atomic E-state index is -1.10. The molecule has 4 heteroatoms. The Kier molecular flexibility index (Phi) is 4.77. The predicted octanol–water partition coefficient (Wildman–Crippen LogP) is 1.82. The van der Waals surface area contributed by atoms with Gasteiger partial charge in [-0.05, 0) is 26.0 Å². The van der Waals surface area contributed by atoms with Gasteiger partial charge in [0.05, 0.1) is 0 Å². The summed E-state index contributed by atoms with van der Waals surface area (Å²) in [5.41, 5.74) is 1.97. The van der Waals surface area contributed by atoms with Gasteiger partial charge >= 0.3 is 5.97 Å². The van der Waals surface area contributed by atoms with Gasteiger partial charge in [-0.2, -0.15) is 0 Å². The van der Waals surface area contributed by atoms with Gasteiger partial charge in [0.25, 0.3) is 0 Å². The quantitative estimate of drug-likeness (QED) is 0.373. The largest absolute Gasteiger partial charge is 0.477 e. The normalized spacial score (nSPS) is 10.4. The van der Waals surface area contributed by atoms with E-state index in [1.54, 1.807) is 0 Å². The number of hydrogen-bond donors (Lipinski definition) is 1. The van der Waals surface area contributed by atoms with E-state index in [0.29, 0.717) is 0 Å². The van der Waals surface area contributed by atoms with E-state index in [1.165, 1.54) is 12.5 Å². The van der Waals surface area contributed by atoms with Crippen LogP contribution in [-0.2, 0) is 9.63 Å². The van der Waals surface area contributed by atoms with Gasteiger partial charge in [0, 0.05) is 5.56 Å². The number of hydrogen-bond acceptors (Lipinski definition) is 3. The van der Waals surface area contributed by atoms with E-state index in [-0.39, 0.29) is 12.3 Å². The minimum absolute atomic E-state index is 0.0680. The molecule has 0 bridgehead atoms. The number of carboxylic acid groups (broad SMARTS) is 1. The summed E-state index contributed by atoms with van der Waals surface area (Å²) in [6.45, 7) is 3.43. The average Bonchev–Trinajstić information content (AvgIpc) is 2.30. The molecule has 0 radical (unpaired) electrons. The zero-order valence-electron chi connectivity index (χ0n) is 9.73. The molecule has 88 valence electrons. The summed E-state index contributed by atoms with van der Waals surface area (Å²) in [5, 5.41) is 11.9. The molecule has 1 rings (SSSR count). The van der Waals surface area contributed by atoms with Gasteiger partial charge in [-0.25, -0.2) is 4.79 Å². The summed E-state index contributed by atoms with van der Waals surface area (Å²) >= 11 is 0. The highest BCUT2D eigenvalue weighted by Crippen LogP contribution is 2.00. The Bertz CT molecular complexity index is 478. The number of aryl methyl sites for hydroxylation is 1. The van der Waals surface area contributed by atoms with Crippen LogP contribution in [0.25, 0.3) is 0 Å². The molecule has 1 N–H and O–H groups in total. The van der Waals surface area contributed by atoms with Gasteiger partial charge in [-0.3, -0.25) is 0 Å². The second-order valence-electron chi connectivity index (χ2n) is 3.42. The summed E-state index contributed by atoms with van der Waals surface area (Å²) in [6.07, 6.45) is 0. The molecule has 0 unspecified atom stereocenters.